The third-order valence-electron chi connectivity index (χ3n) is 6.14. The van der Waals surface area contributed by atoms with Crippen LogP contribution in [0.1, 0.15) is 0 Å². The molecule has 0 spiro atoms. The second-order valence-electron chi connectivity index (χ2n) is 7.91. The Balaban J connectivity index is 1.61. The quantitative estimate of drug-likeness (QED) is 0.206. The van der Waals surface area contributed by atoms with Gasteiger partial charge in [0.2, 0.25) is 0 Å². The van der Waals surface area contributed by atoms with Gasteiger partial charge in [-0.1, -0.05) is 103 Å². The Morgan fingerprint density at radius 2 is 0.968 bits per heavy atom. The van der Waals surface area contributed by atoms with Gasteiger partial charge in [-0.3, -0.25) is 0 Å². The lowest BCUT2D eigenvalue weighted by atomic mass is 9.91. The third kappa shape index (κ3) is 3.12. The Morgan fingerprint density at radius 1 is 0.387 bits per heavy atom. The summed E-state index contributed by atoms with van der Waals surface area (Å²) in [6, 6.07) is 41.8. The summed E-state index contributed by atoms with van der Waals surface area (Å²) >= 11 is 2.47. The fraction of sp³-hybridized carbons (Fsp3) is 0. The molecule has 0 heterocycles. The standard InChI is InChI=1S/C30H19I/c31-30-18-17-27(26-14-6-10-21-8-2-4-12-24(21)26)28-16-15-22(19-29(28)30)25-13-5-9-20-7-1-3-11-23(20)25/h1-19H. The Morgan fingerprint density at radius 3 is 1.71 bits per heavy atom. The van der Waals surface area contributed by atoms with E-state index in [9.17, 15) is 0 Å². The molecule has 0 aliphatic carbocycles. The second-order valence-corrected chi connectivity index (χ2v) is 9.07. The summed E-state index contributed by atoms with van der Waals surface area (Å²) < 4.78 is 1.28. The zero-order valence-corrected chi connectivity index (χ0v) is 19.0. The molecular weight excluding hydrogens is 487 g/mol. The number of halogens is 1. The number of hydrogen-bond donors (Lipinski definition) is 0. The van der Waals surface area contributed by atoms with E-state index in [4.69, 9.17) is 0 Å². The first kappa shape index (κ1) is 18.6. The maximum atomic E-state index is 2.47. The van der Waals surface area contributed by atoms with Crippen molar-refractivity contribution in [1.82, 2.24) is 0 Å². The minimum Gasteiger partial charge on any atom is -0.0616 e. The zero-order valence-electron chi connectivity index (χ0n) is 16.8. The van der Waals surface area contributed by atoms with Crippen LogP contribution in [0.25, 0.3) is 54.6 Å². The first-order valence-corrected chi connectivity index (χ1v) is 11.6. The lowest BCUT2D eigenvalue weighted by Crippen LogP contribution is -1.88. The van der Waals surface area contributed by atoms with E-state index >= 15 is 0 Å². The summed E-state index contributed by atoms with van der Waals surface area (Å²) in [7, 11) is 0. The molecule has 0 N–H and O–H groups in total. The predicted molar refractivity (Wildman–Crippen MR) is 143 cm³/mol. The van der Waals surface area contributed by atoms with Crippen LogP contribution in [0.15, 0.2) is 115 Å². The molecule has 0 aliphatic rings. The molecule has 0 amide bonds. The minimum atomic E-state index is 1.26. The smallest absolute Gasteiger partial charge is 0.0209 e. The molecule has 0 nitrogen and oxygen atoms in total. The monoisotopic (exact) mass is 506 g/mol. The van der Waals surface area contributed by atoms with Crippen LogP contribution in [0.5, 0.6) is 0 Å². The zero-order chi connectivity index (χ0) is 20.8. The van der Waals surface area contributed by atoms with Crippen LogP contribution in [0.3, 0.4) is 0 Å². The van der Waals surface area contributed by atoms with Gasteiger partial charge in [-0.2, -0.15) is 0 Å². The molecule has 146 valence electrons. The lowest BCUT2D eigenvalue weighted by molar-refractivity contribution is 1.64. The van der Waals surface area contributed by atoms with E-state index in [1.165, 1.54) is 58.1 Å². The molecule has 6 aromatic carbocycles. The van der Waals surface area contributed by atoms with Crippen LogP contribution in [-0.2, 0) is 0 Å². The van der Waals surface area contributed by atoms with E-state index in [1.54, 1.807) is 0 Å². The Hall–Kier alpha value is -3.17. The van der Waals surface area contributed by atoms with Gasteiger partial charge in [-0.05, 0) is 89.3 Å². The van der Waals surface area contributed by atoms with E-state index in [1.807, 2.05) is 0 Å². The average molecular weight is 506 g/mol. The topological polar surface area (TPSA) is 0 Å². The van der Waals surface area contributed by atoms with Gasteiger partial charge in [0.05, 0.1) is 0 Å². The molecule has 0 radical (unpaired) electrons. The van der Waals surface area contributed by atoms with Crippen molar-refractivity contribution < 1.29 is 0 Å². The van der Waals surface area contributed by atoms with E-state index in [2.05, 4.69) is 138 Å². The summed E-state index contributed by atoms with van der Waals surface area (Å²) in [6.45, 7) is 0. The number of fused-ring (bicyclic) bond motifs is 3. The van der Waals surface area contributed by atoms with E-state index < -0.39 is 0 Å². The number of benzene rings is 6. The fourth-order valence-corrected chi connectivity index (χ4v) is 5.28. The first-order valence-electron chi connectivity index (χ1n) is 10.5. The molecule has 31 heavy (non-hydrogen) atoms. The van der Waals surface area contributed by atoms with Crippen LogP contribution < -0.4 is 0 Å². The van der Waals surface area contributed by atoms with Crippen LogP contribution in [0.2, 0.25) is 0 Å². The van der Waals surface area contributed by atoms with Crippen molar-refractivity contribution in [2.45, 2.75) is 0 Å². The molecule has 0 unspecified atom stereocenters. The van der Waals surface area contributed by atoms with Crippen molar-refractivity contribution in [2.24, 2.45) is 0 Å². The van der Waals surface area contributed by atoms with Crippen molar-refractivity contribution in [3.05, 3.63) is 119 Å². The highest BCUT2D eigenvalue weighted by atomic mass is 127. The van der Waals surface area contributed by atoms with Gasteiger partial charge in [0.25, 0.3) is 0 Å². The Bertz CT molecular complexity index is 1580. The summed E-state index contributed by atoms with van der Waals surface area (Å²) in [5.41, 5.74) is 5.12. The van der Waals surface area contributed by atoms with Crippen molar-refractivity contribution in [1.29, 1.82) is 0 Å². The van der Waals surface area contributed by atoms with E-state index in [-0.39, 0.29) is 0 Å². The molecule has 0 aromatic heterocycles. The second kappa shape index (κ2) is 7.51. The third-order valence-corrected chi connectivity index (χ3v) is 7.08. The van der Waals surface area contributed by atoms with Gasteiger partial charge in [-0.15, -0.1) is 0 Å². The normalized spacial score (nSPS) is 11.4. The molecule has 0 saturated carbocycles. The minimum absolute atomic E-state index is 1.26. The highest BCUT2D eigenvalue weighted by molar-refractivity contribution is 14.1. The summed E-state index contributed by atoms with van der Waals surface area (Å²) in [4.78, 5) is 0. The molecule has 0 aliphatic heterocycles. The van der Waals surface area contributed by atoms with Gasteiger partial charge < -0.3 is 0 Å². The van der Waals surface area contributed by atoms with Gasteiger partial charge in [0.15, 0.2) is 0 Å². The first-order chi connectivity index (χ1) is 15.3. The molecular formula is C30H19I. The highest BCUT2D eigenvalue weighted by Crippen LogP contribution is 2.38. The van der Waals surface area contributed by atoms with E-state index in [0.29, 0.717) is 0 Å². The molecule has 1 heteroatoms. The van der Waals surface area contributed by atoms with Crippen molar-refractivity contribution in [3.8, 4) is 22.3 Å². The highest BCUT2D eigenvalue weighted by Gasteiger charge is 2.12. The maximum Gasteiger partial charge on any atom is 0.0209 e. The summed E-state index contributed by atoms with van der Waals surface area (Å²) in [5.74, 6) is 0. The predicted octanol–water partition coefficient (Wildman–Crippen LogP) is 9.08. The van der Waals surface area contributed by atoms with Crippen LogP contribution in [0.4, 0.5) is 0 Å². The van der Waals surface area contributed by atoms with Crippen LogP contribution in [0, 0.1) is 3.57 Å². The number of rotatable bonds is 2. The summed E-state index contributed by atoms with van der Waals surface area (Å²) in [6.07, 6.45) is 0. The Kier molecular flexibility index (Phi) is 4.50. The fourth-order valence-electron chi connectivity index (χ4n) is 4.65. The average Bonchev–Trinajstić information content (AvgIpc) is 2.84. The summed E-state index contributed by atoms with van der Waals surface area (Å²) in [5, 5.41) is 7.75. The van der Waals surface area contributed by atoms with Gasteiger partial charge in [0.1, 0.15) is 0 Å². The maximum absolute atomic E-state index is 2.47. The largest absolute Gasteiger partial charge is 0.0616 e. The number of hydrogen-bond acceptors (Lipinski definition) is 0. The van der Waals surface area contributed by atoms with Crippen LogP contribution in [-0.4, -0.2) is 0 Å². The van der Waals surface area contributed by atoms with Crippen molar-refractivity contribution >= 4 is 54.9 Å². The SMILES string of the molecule is Ic1ccc(-c2cccc3ccccc23)c2ccc(-c3cccc4ccccc34)cc12. The van der Waals surface area contributed by atoms with Crippen molar-refractivity contribution in [2.75, 3.05) is 0 Å². The van der Waals surface area contributed by atoms with E-state index in [0.717, 1.165) is 0 Å². The lowest BCUT2D eigenvalue weighted by Gasteiger charge is -2.14. The molecule has 0 bridgehead atoms. The molecule has 0 saturated heterocycles. The van der Waals surface area contributed by atoms with Gasteiger partial charge in [0, 0.05) is 3.57 Å². The molecule has 0 atom stereocenters. The van der Waals surface area contributed by atoms with Gasteiger partial charge in [-0.25, -0.2) is 0 Å². The Labute approximate surface area is 195 Å². The molecule has 0 fully saturated rings. The van der Waals surface area contributed by atoms with Crippen LogP contribution >= 0.6 is 22.6 Å². The molecule has 6 aromatic rings. The molecule has 6 rings (SSSR count). The van der Waals surface area contributed by atoms with Crippen molar-refractivity contribution in [3.63, 3.8) is 0 Å². The van der Waals surface area contributed by atoms with Gasteiger partial charge >= 0.3 is 0 Å².